The third kappa shape index (κ3) is 3.83. The summed E-state index contributed by atoms with van der Waals surface area (Å²) in [6.45, 7) is 5.80. The average molecular weight is 495 g/mol. The first kappa shape index (κ1) is 23.7. The van der Waals surface area contributed by atoms with Crippen molar-refractivity contribution in [3.05, 3.63) is 45.5 Å². The van der Waals surface area contributed by atoms with Crippen LogP contribution in [0.3, 0.4) is 0 Å². The van der Waals surface area contributed by atoms with E-state index in [2.05, 4.69) is 19.2 Å². The molecule has 2 aromatic rings. The van der Waals surface area contributed by atoms with Gasteiger partial charge in [0.25, 0.3) is 0 Å². The van der Waals surface area contributed by atoms with E-state index in [9.17, 15) is 18.0 Å². The largest absolute Gasteiger partial charge is 0.389 e. The highest BCUT2D eigenvalue weighted by Crippen LogP contribution is 2.50. The zero-order chi connectivity index (χ0) is 24.3. The van der Waals surface area contributed by atoms with Crippen LogP contribution in [0.15, 0.2) is 12.1 Å². The molecular formula is C25H30ClF3N4O. The van der Waals surface area contributed by atoms with Gasteiger partial charge in [-0.1, -0.05) is 25.4 Å². The molecule has 3 heterocycles. The van der Waals surface area contributed by atoms with Crippen molar-refractivity contribution >= 4 is 23.2 Å². The van der Waals surface area contributed by atoms with Crippen LogP contribution in [0.25, 0.3) is 0 Å². The number of carbonyl (C=O) groups is 1. The molecule has 2 aliphatic heterocycles. The summed E-state index contributed by atoms with van der Waals surface area (Å²) in [5, 5.41) is 3.93. The third-order valence-corrected chi connectivity index (χ3v) is 7.81. The molecule has 184 valence electrons. The summed E-state index contributed by atoms with van der Waals surface area (Å²) in [6, 6.07) is 3.76. The second-order valence-corrected chi connectivity index (χ2v) is 10.5. The lowest BCUT2D eigenvalue weighted by atomic mass is 9.73. The number of carbonyl (C=O) groups excluding carboxylic acids is 1. The standard InChI is InChI=1S/C25H30ClF3N4O/c1-15(2)21-16(26)8-9-19-22(21)24(13-30-14-24)23(34)33(19)12-20-31-17-6-3-4-7-18(17)32(20)11-5-10-25(27,28)29/h8-9,15,30H,3-7,10-14H2,1-2H3. The van der Waals surface area contributed by atoms with Crippen LogP contribution < -0.4 is 10.2 Å². The average Bonchev–Trinajstić information content (AvgIpc) is 3.20. The SMILES string of the molecule is CC(C)c1c(Cl)ccc2c1C1(CNC1)C(=O)N2Cc1nc2c(n1CCCC(F)(F)F)CCCC2. The first-order valence-electron chi connectivity index (χ1n) is 12.1. The Morgan fingerprint density at radius 1 is 1.21 bits per heavy atom. The Kier molecular flexibility index (Phi) is 5.96. The maximum Gasteiger partial charge on any atom is 0.389 e. The Hall–Kier alpha value is -2.06. The number of nitrogens with zero attached hydrogens (tertiary/aromatic N) is 3. The van der Waals surface area contributed by atoms with E-state index in [1.54, 1.807) is 4.90 Å². The lowest BCUT2D eigenvalue weighted by Crippen LogP contribution is -2.62. The number of anilines is 1. The highest BCUT2D eigenvalue weighted by Gasteiger charge is 2.56. The molecule has 1 N–H and O–H groups in total. The number of benzene rings is 1. The van der Waals surface area contributed by atoms with Gasteiger partial charge in [0.05, 0.1) is 12.2 Å². The minimum absolute atomic E-state index is 0.00476. The Morgan fingerprint density at radius 3 is 2.59 bits per heavy atom. The molecule has 1 aromatic heterocycles. The minimum Gasteiger partial charge on any atom is -0.330 e. The van der Waals surface area contributed by atoms with Crippen molar-refractivity contribution in [2.75, 3.05) is 18.0 Å². The second-order valence-electron chi connectivity index (χ2n) is 10.1. The summed E-state index contributed by atoms with van der Waals surface area (Å²) in [7, 11) is 0. The molecule has 0 radical (unpaired) electrons. The van der Waals surface area contributed by atoms with Gasteiger partial charge in [-0.15, -0.1) is 0 Å². The van der Waals surface area contributed by atoms with E-state index in [1.807, 2.05) is 16.7 Å². The highest BCUT2D eigenvalue weighted by molar-refractivity contribution is 6.32. The van der Waals surface area contributed by atoms with Crippen LogP contribution in [-0.2, 0) is 36.1 Å². The molecule has 0 saturated carbocycles. The summed E-state index contributed by atoms with van der Waals surface area (Å²) < 4.78 is 40.5. The van der Waals surface area contributed by atoms with Crippen LogP contribution in [0.2, 0.25) is 5.02 Å². The third-order valence-electron chi connectivity index (χ3n) is 7.48. The van der Waals surface area contributed by atoms with Crippen LogP contribution in [0.1, 0.15) is 73.8 Å². The number of hydrogen-bond donors (Lipinski definition) is 1. The van der Waals surface area contributed by atoms with Crippen molar-refractivity contribution in [3.8, 4) is 0 Å². The summed E-state index contributed by atoms with van der Waals surface area (Å²) in [6.07, 6.45) is -1.31. The molecule has 1 saturated heterocycles. The van der Waals surface area contributed by atoms with Crippen LogP contribution >= 0.6 is 11.6 Å². The number of alkyl halides is 3. The fourth-order valence-corrected chi connectivity index (χ4v) is 6.21. The maximum atomic E-state index is 13.8. The van der Waals surface area contributed by atoms with Gasteiger partial charge in [-0.2, -0.15) is 13.2 Å². The van der Waals surface area contributed by atoms with Crippen molar-refractivity contribution in [3.63, 3.8) is 0 Å². The van der Waals surface area contributed by atoms with Crippen molar-refractivity contribution in [1.29, 1.82) is 0 Å². The number of amides is 1. The van der Waals surface area contributed by atoms with E-state index >= 15 is 0 Å². The van der Waals surface area contributed by atoms with Crippen LogP contribution in [-0.4, -0.2) is 34.7 Å². The fourth-order valence-electron chi connectivity index (χ4n) is 5.83. The van der Waals surface area contributed by atoms with Crippen LogP contribution in [0.4, 0.5) is 18.9 Å². The number of fused-ring (bicyclic) bond motifs is 3. The monoisotopic (exact) mass is 494 g/mol. The van der Waals surface area contributed by atoms with Gasteiger partial charge in [0, 0.05) is 42.5 Å². The molecule has 1 aliphatic carbocycles. The molecule has 1 amide bonds. The summed E-state index contributed by atoms with van der Waals surface area (Å²) in [5.41, 5.74) is 4.23. The molecule has 9 heteroatoms. The van der Waals surface area contributed by atoms with Crippen molar-refractivity contribution < 1.29 is 18.0 Å². The summed E-state index contributed by atoms with van der Waals surface area (Å²) in [5.74, 6) is 0.858. The van der Waals surface area contributed by atoms with Gasteiger partial charge in [0.1, 0.15) is 11.2 Å². The minimum atomic E-state index is -4.18. The molecule has 34 heavy (non-hydrogen) atoms. The van der Waals surface area contributed by atoms with E-state index in [4.69, 9.17) is 16.6 Å². The topological polar surface area (TPSA) is 50.2 Å². The quantitative estimate of drug-likeness (QED) is 0.595. The van der Waals surface area contributed by atoms with E-state index in [-0.39, 0.29) is 31.3 Å². The Balaban J connectivity index is 1.53. The normalized spacial score (nSPS) is 19.0. The number of imidazole rings is 1. The van der Waals surface area contributed by atoms with E-state index in [0.29, 0.717) is 23.9 Å². The number of aromatic nitrogens is 2. The predicted molar refractivity (Wildman–Crippen MR) is 125 cm³/mol. The lowest BCUT2D eigenvalue weighted by Gasteiger charge is -2.39. The van der Waals surface area contributed by atoms with Crippen LogP contribution in [0.5, 0.6) is 0 Å². The van der Waals surface area contributed by atoms with E-state index < -0.39 is 18.0 Å². The van der Waals surface area contributed by atoms with Gasteiger partial charge in [-0.3, -0.25) is 4.79 Å². The Bertz CT molecular complexity index is 1120. The van der Waals surface area contributed by atoms with Crippen molar-refractivity contribution in [1.82, 2.24) is 14.9 Å². The molecule has 0 bridgehead atoms. The molecule has 0 unspecified atom stereocenters. The van der Waals surface area contributed by atoms with Gasteiger partial charge in [-0.05, 0) is 61.3 Å². The number of aryl methyl sites for hydroxylation is 1. The first-order chi connectivity index (χ1) is 16.1. The molecular weight excluding hydrogens is 465 g/mol. The molecule has 5 rings (SSSR count). The molecule has 1 fully saturated rings. The molecule has 1 aromatic carbocycles. The first-order valence-corrected chi connectivity index (χ1v) is 12.5. The number of halogens is 4. The van der Waals surface area contributed by atoms with Gasteiger partial charge in [-0.25, -0.2) is 4.98 Å². The lowest BCUT2D eigenvalue weighted by molar-refractivity contribution is -0.136. The zero-order valence-electron chi connectivity index (χ0n) is 19.6. The predicted octanol–water partition coefficient (Wildman–Crippen LogP) is 5.27. The van der Waals surface area contributed by atoms with E-state index in [0.717, 1.165) is 53.9 Å². The maximum absolute atomic E-state index is 13.8. The Labute approximate surface area is 202 Å². The van der Waals surface area contributed by atoms with Gasteiger partial charge >= 0.3 is 6.18 Å². The summed E-state index contributed by atoms with van der Waals surface area (Å²) >= 11 is 6.60. The van der Waals surface area contributed by atoms with E-state index in [1.165, 1.54) is 0 Å². The molecule has 1 spiro atoms. The molecule has 5 nitrogen and oxygen atoms in total. The van der Waals surface area contributed by atoms with Gasteiger partial charge in [0.2, 0.25) is 5.91 Å². The van der Waals surface area contributed by atoms with Gasteiger partial charge < -0.3 is 14.8 Å². The highest BCUT2D eigenvalue weighted by atomic mass is 35.5. The second kappa shape index (κ2) is 8.55. The number of nitrogens with one attached hydrogen (secondary N) is 1. The van der Waals surface area contributed by atoms with Crippen LogP contribution in [0, 0.1) is 0 Å². The number of rotatable bonds is 6. The smallest absolute Gasteiger partial charge is 0.330 e. The molecule has 0 atom stereocenters. The van der Waals surface area contributed by atoms with Gasteiger partial charge in [0.15, 0.2) is 0 Å². The summed E-state index contributed by atoms with van der Waals surface area (Å²) in [4.78, 5) is 20.4. The van der Waals surface area contributed by atoms with Crippen molar-refractivity contribution in [2.45, 2.75) is 83.0 Å². The zero-order valence-corrected chi connectivity index (χ0v) is 20.3. The Morgan fingerprint density at radius 2 is 1.94 bits per heavy atom. The van der Waals surface area contributed by atoms with Crippen molar-refractivity contribution in [2.24, 2.45) is 0 Å². The number of hydrogen-bond acceptors (Lipinski definition) is 3. The molecule has 3 aliphatic rings. The fraction of sp³-hybridized carbons (Fsp3) is 0.600.